The van der Waals surface area contributed by atoms with Crippen molar-refractivity contribution in [3.8, 4) is 11.4 Å². The van der Waals surface area contributed by atoms with Gasteiger partial charge in [0, 0.05) is 23.0 Å². The van der Waals surface area contributed by atoms with Crippen LogP contribution in [0.5, 0.6) is 5.75 Å². The molecule has 33 heavy (non-hydrogen) atoms. The van der Waals surface area contributed by atoms with Crippen LogP contribution < -0.4 is 10.1 Å². The number of nitrogens with zero attached hydrogens (tertiary/aromatic N) is 2. The number of halogens is 1. The standard InChI is InChI=1S/C27H28ClN3O2/c1-33-22-8-6-21(7-9-22)31-26-20-13-16-10-17(14-20)12-19(11-16)24(26)25(30-31)27(32)29-15-18-4-2-3-5-23(18)28/h2-9,16-17,19-20H,10-15H2,1H3,(H,29,32). The summed E-state index contributed by atoms with van der Waals surface area (Å²) in [5.41, 5.74) is 4.94. The third-order valence-corrected chi connectivity index (χ3v) is 8.19. The Morgan fingerprint density at radius 1 is 1.03 bits per heavy atom. The van der Waals surface area contributed by atoms with Crippen molar-refractivity contribution < 1.29 is 9.53 Å². The van der Waals surface area contributed by atoms with Gasteiger partial charge in [-0.15, -0.1) is 0 Å². The van der Waals surface area contributed by atoms with E-state index >= 15 is 0 Å². The lowest BCUT2D eigenvalue weighted by atomic mass is 9.67. The minimum absolute atomic E-state index is 0.111. The largest absolute Gasteiger partial charge is 0.497 e. The van der Waals surface area contributed by atoms with Gasteiger partial charge < -0.3 is 10.1 Å². The van der Waals surface area contributed by atoms with Gasteiger partial charge in [-0.1, -0.05) is 29.8 Å². The highest BCUT2D eigenvalue weighted by Gasteiger charge is 2.46. The molecule has 7 rings (SSSR count). The SMILES string of the molecule is COc1ccc(-n2nc(C(=O)NCc3ccccc3Cl)c3c2C2CC4CC(CC3C4)C2)cc1. The fraction of sp³-hybridized carbons (Fsp3) is 0.407. The summed E-state index contributed by atoms with van der Waals surface area (Å²) >= 11 is 6.31. The second-order valence-electron chi connectivity index (χ2n) is 9.84. The highest BCUT2D eigenvalue weighted by molar-refractivity contribution is 6.31. The van der Waals surface area contributed by atoms with Gasteiger partial charge in [-0.3, -0.25) is 4.79 Å². The van der Waals surface area contributed by atoms with Gasteiger partial charge in [0.2, 0.25) is 0 Å². The normalized spacial score (nSPS) is 24.9. The Bertz CT molecular complexity index is 1190. The summed E-state index contributed by atoms with van der Waals surface area (Å²) in [6.45, 7) is 0.391. The number of rotatable bonds is 5. The van der Waals surface area contributed by atoms with Crippen molar-refractivity contribution in [1.82, 2.24) is 15.1 Å². The Kier molecular flexibility index (Phi) is 5.17. The fourth-order valence-corrected chi connectivity index (χ4v) is 6.74. The maximum Gasteiger partial charge on any atom is 0.272 e. The lowest BCUT2D eigenvalue weighted by Gasteiger charge is -2.38. The maximum absolute atomic E-state index is 13.5. The maximum atomic E-state index is 13.5. The van der Waals surface area contributed by atoms with Gasteiger partial charge in [0.05, 0.1) is 18.5 Å². The van der Waals surface area contributed by atoms with E-state index in [4.69, 9.17) is 21.4 Å². The summed E-state index contributed by atoms with van der Waals surface area (Å²) in [7, 11) is 1.67. The molecule has 3 aromatic rings. The molecule has 0 aliphatic heterocycles. The quantitative estimate of drug-likeness (QED) is 0.518. The third kappa shape index (κ3) is 3.63. The van der Waals surface area contributed by atoms with E-state index in [0.717, 1.165) is 28.8 Å². The molecular formula is C27H28ClN3O2. The summed E-state index contributed by atoms with van der Waals surface area (Å²) in [4.78, 5) is 13.5. The summed E-state index contributed by atoms with van der Waals surface area (Å²) < 4.78 is 7.40. The van der Waals surface area contributed by atoms with E-state index in [0.29, 0.717) is 29.1 Å². The van der Waals surface area contributed by atoms with Crippen molar-refractivity contribution in [2.75, 3.05) is 7.11 Å². The average molecular weight is 462 g/mol. The molecule has 4 aliphatic carbocycles. The minimum Gasteiger partial charge on any atom is -0.497 e. The molecule has 4 aliphatic rings. The first-order chi connectivity index (χ1) is 16.1. The number of carbonyl (C=O) groups is 1. The predicted octanol–water partition coefficient (Wildman–Crippen LogP) is 5.86. The Morgan fingerprint density at radius 2 is 1.73 bits per heavy atom. The van der Waals surface area contributed by atoms with Crippen molar-refractivity contribution in [2.45, 2.75) is 50.5 Å². The number of hydrogen-bond donors (Lipinski definition) is 1. The van der Waals surface area contributed by atoms with E-state index in [1.807, 2.05) is 53.2 Å². The minimum atomic E-state index is -0.111. The van der Waals surface area contributed by atoms with Gasteiger partial charge in [0.25, 0.3) is 5.91 Å². The van der Waals surface area contributed by atoms with E-state index < -0.39 is 0 Å². The van der Waals surface area contributed by atoms with Crippen LogP contribution in [0.2, 0.25) is 5.02 Å². The van der Waals surface area contributed by atoms with E-state index in [1.165, 1.54) is 43.4 Å². The molecule has 0 saturated heterocycles. The van der Waals surface area contributed by atoms with Crippen LogP contribution in [0.15, 0.2) is 48.5 Å². The lowest BCUT2D eigenvalue weighted by molar-refractivity contribution is 0.0942. The monoisotopic (exact) mass is 461 g/mol. The van der Waals surface area contributed by atoms with Crippen LogP contribution in [0.4, 0.5) is 0 Å². The predicted molar refractivity (Wildman–Crippen MR) is 128 cm³/mol. The molecule has 0 spiro atoms. The number of carbonyl (C=O) groups excluding carboxylic acids is 1. The van der Waals surface area contributed by atoms with E-state index in [9.17, 15) is 4.79 Å². The van der Waals surface area contributed by atoms with Gasteiger partial charge in [0.15, 0.2) is 5.69 Å². The first-order valence-corrected chi connectivity index (χ1v) is 12.3. The smallest absolute Gasteiger partial charge is 0.272 e. The van der Waals surface area contributed by atoms with Gasteiger partial charge in [-0.2, -0.15) is 5.10 Å². The number of nitrogens with one attached hydrogen (secondary N) is 1. The summed E-state index contributed by atoms with van der Waals surface area (Å²) in [5.74, 6) is 3.13. The van der Waals surface area contributed by atoms with Crippen LogP contribution in [0.25, 0.3) is 5.69 Å². The molecule has 2 unspecified atom stereocenters. The number of aromatic nitrogens is 2. The van der Waals surface area contributed by atoms with E-state index in [-0.39, 0.29) is 5.91 Å². The molecule has 1 heterocycles. The van der Waals surface area contributed by atoms with Crippen LogP contribution in [-0.4, -0.2) is 22.8 Å². The lowest BCUT2D eigenvalue weighted by Crippen LogP contribution is -2.28. The van der Waals surface area contributed by atoms with Gasteiger partial charge in [-0.25, -0.2) is 4.68 Å². The molecule has 2 atom stereocenters. The molecule has 1 amide bonds. The summed E-state index contributed by atoms with van der Waals surface area (Å²) in [5, 5.41) is 8.70. The van der Waals surface area contributed by atoms with Crippen LogP contribution in [0.1, 0.15) is 71.2 Å². The van der Waals surface area contributed by atoms with Crippen molar-refractivity contribution >= 4 is 17.5 Å². The first kappa shape index (κ1) is 20.8. The van der Waals surface area contributed by atoms with Gasteiger partial charge in [-0.05, 0) is 85.8 Å². The molecule has 1 aromatic heterocycles. The van der Waals surface area contributed by atoms with Gasteiger partial charge in [0.1, 0.15) is 5.75 Å². The van der Waals surface area contributed by atoms with Crippen LogP contribution >= 0.6 is 11.6 Å². The van der Waals surface area contributed by atoms with Gasteiger partial charge >= 0.3 is 0 Å². The molecule has 2 aromatic carbocycles. The van der Waals surface area contributed by atoms with Crippen molar-refractivity contribution in [1.29, 1.82) is 0 Å². The molecule has 2 fully saturated rings. The number of benzene rings is 2. The topological polar surface area (TPSA) is 56.2 Å². The van der Waals surface area contributed by atoms with Crippen molar-refractivity contribution in [2.24, 2.45) is 11.8 Å². The Balaban J connectivity index is 1.41. The summed E-state index contributed by atoms with van der Waals surface area (Å²) in [6.07, 6.45) is 6.13. The third-order valence-electron chi connectivity index (χ3n) is 7.82. The molecule has 5 nitrogen and oxygen atoms in total. The number of amides is 1. The molecule has 0 radical (unpaired) electrons. The molecule has 1 N–H and O–H groups in total. The zero-order valence-corrected chi connectivity index (χ0v) is 19.5. The molecule has 2 saturated carbocycles. The van der Waals surface area contributed by atoms with Crippen molar-refractivity contribution in [3.63, 3.8) is 0 Å². The van der Waals surface area contributed by atoms with Crippen molar-refractivity contribution in [3.05, 3.63) is 76.1 Å². The Morgan fingerprint density at radius 3 is 2.42 bits per heavy atom. The molecule has 170 valence electrons. The van der Waals surface area contributed by atoms with Crippen LogP contribution in [0, 0.1) is 11.8 Å². The molecule has 6 heteroatoms. The van der Waals surface area contributed by atoms with E-state index in [2.05, 4.69) is 5.32 Å². The zero-order valence-electron chi connectivity index (χ0n) is 18.8. The Labute approximate surface area is 199 Å². The zero-order chi connectivity index (χ0) is 22.5. The second kappa shape index (κ2) is 8.21. The highest BCUT2D eigenvalue weighted by Crippen LogP contribution is 2.57. The molecular weight excluding hydrogens is 434 g/mol. The van der Waals surface area contributed by atoms with Crippen LogP contribution in [0.3, 0.4) is 0 Å². The fourth-order valence-electron chi connectivity index (χ4n) is 6.54. The average Bonchev–Trinajstić information content (AvgIpc) is 3.15. The highest BCUT2D eigenvalue weighted by atomic mass is 35.5. The number of hydrogen-bond acceptors (Lipinski definition) is 3. The molecule has 4 bridgehead atoms. The number of methoxy groups -OCH3 is 1. The van der Waals surface area contributed by atoms with E-state index in [1.54, 1.807) is 7.11 Å². The Hall–Kier alpha value is -2.79. The first-order valence-electron chi connectivity index (χ1n) is 11.9. The van der Waals surface area contributed by atoms with Crippen LogP contribution in [-0.2, 0) is 6.54 Å². The second-order valence-corrected chi connectivity index (χ2v) is 10.2. The summed E-state index contributed by atoms with van der Waals surface area (Å²) in [6, 6.07) is 15.6. The number of ether oxygens (including phenoxy) is 1.